The standard InChI is InChI=1S/C46H45N7O8S/c54-45(50-62(57,58)35-14-16-39(42(26-35)53(55)56)48-27-34-28-59-22-23-60-34)38-15-11-31(24-41(38)52-20-21-61-46-43(52)25-32-17-18-47-44(32)49-46)29-9-12-33(13-10-29)51-19-3-6-40(51)37-5-2-1-4-36(37)30-7-8-30/h1-2,4-5,9-18,24-26,30,34,40,48H,3,6-8,19-23,27-28H2,(H,47,49)(H,50,54)/t34-,40?/m0/s1. The van der Waals surface area contributed by atoms with E-state index in [0.717, 1.165) is 47.7 Å². The van der Waals surface area contributed by atoms with Crippen LogP contribution in [0.3, 0.4) is 0 Å². The summed E-state index contributed by atoms with van der Waals surface area (Å²) in [5, 5.41) is 15.9. The lowest BCUT2D eigenvalue weighted by Crippen LogP contribution is -2.34. The summed E-state index contributed by atoms with van der Waals surface area (Å²) in [5.41, 5.74) is 7.20. The molecule has 3 N–H and O–H groups in total. The summed E-state index contributed by atoms with van der Waals surface area (Å²) in [6.07, 6.45) is 6.19. The number of rotatable bonds is 12. The number of amides is 1. The first kappa shape index (κ1) is 39.6. The highest BCUT2D eigenvalue weighted by Crippen LogP contribution is 2.47. The molecular formula is C46H45N7O8S. The zero-order valence-corrected chi connectivity index (χ0v) is 34.6. The molecule has 15 nitrogen and oxygen atoms in total. The van der Waals surface area contributed by atoms with Crippen molar-refractivity contribution in [1.29, 1.82) is 0 Å². The van der Waals surface area contributed by atoms with Crippen molar-refractivity contribution in [3.05, 3.63) is 130 Å². The Morgan fingerprint density at radius 1 is 0.887 bits per heavy atom. The Morgan fingerprint density at radius 3 is 2.50 bits per heavy atom. The predicted molar refractivity (Wildman–Crippen MR) is 235 cm³/mol. The van der Waals surface area contributed by atoms with E-state index in [1.54, 1.807) is 18.3 Å². The minimum absolute atomic E-state index is 0.0766. The average Bonchev–Trinajstić information content (AvgIpc) is 3.84. The van der Waals surface area contributed by atoms with E-state index >= 15 is 0 Å². The van der Waals surface area contributed by atoms with Crippen molar-refractivity contribution in [2.75, 3.05) is 61.2 Å². The number of nitro benzene ring substituents is 1. The number of benzene rings is 4. The molecule has 16 heteroatoms. The predicted octanol–water partition coefficient (Wildman–Crippen LogP) is 7.83. The number of nitrogens with zero attached hydrogens (tertiary/aromatic N) is 4. The molecule has 3 fully saturated rings. The van der Waals surface area contributed by atoms with Crippen molar-refractivity contribution >= 4 is 55.4 Å². The Kier molecular flexibility index (Phi) is 10.5. The smallest absolute Gasteiger partial charge is 0.293 e. The fourth-order valence-electron chi connectivity index (χ4n) is 8.90. The van der Waals surface area contributed by atoms with Gasteiger partial charge in [-0.05, 0) is 102 Å². The van der Waals surface area contributed by atoms with Crippen LogP contribution in [-0.4, -0.2) is 81.4 Å². The lowest BCUT2D eigenvalue weighted by molar-refractivity contribution is -0.384. The van der Waals surface area contributed by atoms with Crippen molar-refractivity contribution < 1.29 is 32.3 Å². The Balaban J connectivity index is 0.961. The summed E-state index contributed by atoms with van der Waals surface area (Å²) in [5.74, 6) is 0.126. The molecule has 0 bridgehead atoms. The highest BCUT2D eigenvalue weighted by atomic mass is 32.2. The lowest BCUT2D eigenvalue weighted by Gasteiger charge is -2.32. The van der Waals surface area contributed by atoms with Crippen LogP contribution in [0.25, 0.3) is 22.2 Å². The molecule has 0 spiro atoms. The van der Waals surface area contributed by atoms with Gasteiger partial charge in [-0.2, -0.15) is 4.98 Å². The number of fused-ring (bicyclic) bond motifs is 2. The van der Waals surface area contributed by atoms with Crippen LogP contribution in [-0.2, 0) is 19.5 Å². The number of anilines is 4. The second-order valence-corrected chi connectivity index (χ2v) is 17.8. The van der Waals surface area contributed by atoms with Crippen molar-refractivity contribution in [3.63, 3.8) is 0 Å². The third-order valence-electron chi connectivity index (χ3n) is 12.1. The number of carbonyl (C=O) groups is 1. The van der Waals surface area contributed by atoms with Gasteiger partial charge in [-0.3, -0.25) is 14.9 Å². The van der Waals surface area contributed by atoms with Gasteiger partial charge in [0, 0.05) is 36.4 Å². The van der Waals surface area contributed by atoms with E-state index in [-0.39, 0.29) is 30.5 Å². The van der Waals surface area contributed by atoms with E-state index in [1.165, 1.54) is 36.1 Å². The Morgan fingerprint density at radius 2 is 1.71 bits per heavy atom. The fourth-order valence-corrected chi connectivity index (χ4v) is 9.89. The van der Waals surface area contributed by atoms with Crippen molar-refractivity contribution in [3.8, 4) is 17.0 Å². The van der Waals surface area contributed by atoms with Crippen LogP contribution in [0.15, 0.2) is 108 Å². The number of H-pyrrole nitrogens is 1. The molecule has 2 saturated heterocycles. The molecule has 1 unspecified atom stereocenters. The summed E-state index contributed by atoms with van der Waals surface area (Å²) in [6, 6.07) is 30.2. The van der Waals surface area contributed by atoms with Gasteiger partial charge >= 0.3 is 0 Å². The van der Waals surface area contributed by atoms with Gasteiger partial charge in [0.1, 0.15) is 23.6 Å². The average molecular weight is 856 g/mol. The number of aromatic amines is 1. The third-order valence-corrected chi connectivity index (χ3v) is 13.5. The molecular weight excluding hydrogens is 811 g/mol. The van der Waals surface area contributed by atoms with E-state index in [4.69, 9.17) is 14.2 Å². The monoisotopic (exact) mass is 855 g/mol. The second kappa shape index (κ2) is 16.4. The number of nitrogens with one attached hydrogen (secondary N) is 3. The highest BCUT2D eigenvalue weighted by Gasteiger charge is 2.34. The minimum Gasteiger partial charge on any atom is -0.474 e. The van der Waals surface area contributed by atoms with Gasteiger partial charge in [0.2, 0.25) is 5.88 Å². The van der Waals surface area contributed by atoms with Gasteiger partial charge in [0.15, 0.2) is 0 Å². The van der Waals surface area contributed by atoms with Gasteiger partial charge in [0.25, 0.3) is 21.6 Å². The molecule has 2 aromatic heterocycles. The van der Waals surface area contributed by atoms with Crippen LogP contribution < -0.4 is 24.6 Å². The van der Waals surface area contributed by atoms with E-state index in [1.807, 2.05) is 23.1 Å². The van der Waals surface area contributed by atoms with Gasteiger partial charge < -0.3 is 34.3 Å². The maximum absolute atomic E-state index is 14.3. The number of nitro groups is 1. The molecule has 4 aromatic carbocycles. The molecule has 10 rings (SSSR count). The first-order valence-corrected chi connectivity index (χ1v) is 22.5. The van der Waals surface area contributed by atoms with Crippen molar-refractivity contribution in [2.45, 2.75) is 48.6 Å². The summed E-state index contributed by atoms with van der Waals surface area (Å²) in [6.45, 7) is 3.00. The Bertz CT molecular complexity index is 2790. The quantitative estimate of drug-likeness (QED) is 0.0803. The van der Waals surface area contributed by atoms with Crippen LogP contribution >= 0.6 is 0 Å². The summed E-state index contributed by atoms with van der Waals surface area (Å²) in [4.78, 5) is 37.5. The molecule has 6 aromatic rings. The highest BCUT2D eigenvalue weighted by molar-refractivity contribution is 7.90. The van der Waals surface area contributed by atoms with Gasteiger partial charge in [-0.1, -0.05) is 42.5 Å². The van der Waals surface area contributed by atoms with E-state index in [9.17, 15) is 23.3 Å². The molecule has 2 atom stereocenters. The normalized spacial score (nSPS) is 18.9. The molecule has 1 amide bonds. The van der Waals surface area contributed by atoms with Crippen LogP contribution in [0.2, 0.25) is 0 Å². The topological polar surface area (TPSA) is 181 Å². The van der Waals surface area contributed by atoms with Gasteiger partial charge in [-0.25, -0.2) is 13.1 Å². The minimum atomic E-state index is -4.59. The number of aromatic nitrogens is 2. The Hall–Kier alpha value is -6.49. The number of hydrogen-bond donors (Lipinski definition) is 3. The first-order chi connectivity index (χ1) is 30.2. The molecule has 62 heavy (non-hydrogen) atoms. The molecule has 5 heterocycles. The summed E-state index contributed by atoms with van der Waals surface area (Å²) < 4.78 is 46.9. The number of pyridine rings is 1. The SMILES string of the molecule is O=C(NS(=O)(=O)c1ccc(NC[C@H]2COCCO2)c([N+](=O)[O-])c1)c1ccc(-c2ccc(N3CCCC3c3ccccc3C3CC3)cc2)cc1N1CCOc2nc3[nH]ccc3cc21. The number of carbonyl (C=O) groups excluding carboxylic acids is 1. The first-order valence-electron chi connectivity index (χ1n) is 21.0. The molecule has 318 valence electrons. The zero-order valence-electron chi connectivity index (χ0n) is 33.8. The molecule has 4 aliphatic rings. The number of sulfonamides is 1. The largest absolute Gasteiger partial charge is 0.474 e. The van der Waals surface area contributed by atoms with E-state index in [0.29, 0.717) is 61.2 Å². The maximum Gasteiger partial charge on any atom is 0.293 e. The van der Waals surface area contributed by atoms with Crippen molar-refractivity contribution in [1.82, 2.24) is 14.7 Å². The van der Waals surface area contributed by atoms with Crippen LogP contribution in [0.4, 0.5) is 28.4 Å². The lowest BCUT2D eigenvalue weighted by atomic mass is 9.95. The van der Waals surface area contributed by atoms with Crippen LogP contribution in [0.1, 0.15) is 59.1 Å². The third kappa shape index (κ3) is 7.80. The van der Waals surface area contributed by atoms with Gasteiger partial charge in [0.05, 0.1) is 59.6 Å². The maximum atomic E-state index is 14.3. The van der Waals surface area contributed by atoms with Crippen LogP contribution in [0.5, 0.6) is 5.88 Å². The van der Waals surface area contributed by atoms with E-state index < -0.39 is 31.4 Å². The molecule has 1 saturated carbocycles. The zero-order chi connectivity index (χ0) is 42.4. The Labute approximate surface area is 358 Å². The second-order valence-electron chi connectivity index (χ2n) is 16.1. The van der Waals surface area contributed by atoms with Crippen molar-refractivity contribution in [2.24, 2.45) is 0 Å². The molecule has 0 radical (unpaired) electrons. The molecule has 1 aliphatic carbocycles. The summed E-state index contributed by atoms with van der Waals surface area (Å²) in [7, 11) is -4.59. The van der Waals surface area contributed by atoms with Gasteiger partial charge in [-0.15, -0.1) is 0 Å². The number of hydrogen-bond acceptors (Lipinski definition) is 12. The van der Waals surface area contributed by atoms with E-state index in [2.05, 4.69) is 73.4 Å². The van der Waals surface area contributed by atoms with Crippen LogP contribution in [0, 0.1) is 10.1 Å². The molecule has 3 aliphatic heterocycles. The summed E-state index contributed by atoms with van der Waals surface area (Å²) >= 11 is 0. The number of ether oxygens (including phenoxy) is 3. The fraction of sp³-hybridized carbons (Fsp3) is 0.304.